The number of hydrogen-bond acceptors (Lipinski definition) is 1. The summed E-state index contributed by atoms with van der Waals surface area (Å²) in [6.45, 7) is 2.22. The second-order valence-electron chi connectivity index (χ2n) is 2.29. The van der Waals surface area contributed by atoms with Crippen LogP contribution in [-0.4, -0.2) is 10.5 Å². The summed E-state index contributed by atoms with van der Waals surface area (Å²) in [5, 5.41) is 0. The van der Waals surface area contributed by atoms with Crippen LogP contribution in [0.5, 0.6) is 0 Å². The lowest BCUT2D eigenvalue weighted by atomic mass is 10.1. The molecule has 0 radical (unpaired) electrons. The van der Waals surface area contributed by atoms with E-state index in [0.717, 1.165) is 10.5 Å². The number of allylic oxidation sites excluding steroid dienone is 2. The summed E-state index contributed by atoms with van der Waals surface area (Å²) >= 11 is 0. The van der Waals surface area contributed by atoms with E-state index in [1.807, 2.05) is 0 Å². The molecule has 2 heteroatoms. The monoisotopic (exact) mass is 128 g/mol. The third-order valence-corrected chi connectivity index (χ3v) is 2.14. The quantitative estimate of drug-likeness (QED) is 0.470. The van der Waals surface area contributed by atoms with Gasteiger partial charge in [0, 0.05) is 5.92 Å². The largest absolute Gasteiger partial charge is 0.556 e. The molecule has 1 unspecified atom stereocenters. The molecule has 0 saturated heterocycles. The molecule has 0 aromatic carbocycles. The topological polar surface area (TPSA) is 9.23 Å². The average Bonchev–Trinajstić information content (AvgIpc) is 2.14. The minimum Gasteiger partial charge on any atom is -0.556 e. The van der Waals surface area contributed by atoms with Crippen molar-refractivity contribution in [3.8, 4) is 0 Å². The van der Waals surface area contributed by atoms with Crippen molar-refractivity contribution >= 4 is 10.5 Å². The van der Waals surface area contributed by atoms with Crippen molar-refractivity contribution in [2.45, 2.75) is 19.8 Å². The Morgan fingerprint density at radius 3 is 2.88 bits per heavy atom. The van der Waals surface area contributed by atoms with E-state index in [0.29, 0.717) is 5.92 Å². The molecule has 0 spiro atoms. The molecule has 0 bridgehead atoms. The summed E-state index contributed by atoms with van der Waals surface area (Å²) in [5.41, 5.74) is 0. The molecule has 0 fully saturated rings. The average molecular weight is 128 g/mol. The van der Waals surface area contributed by atoms with Crippen molar-refractivity contribution in [3.05, 3.63) is 11.8 Å². The van der Waals surface area contributed by atoms with Gasteiger partial charge in [-0.05, 0) is 18.9 Å². The normalized spacial score (nSPS) is 28.1. The first-order valence-corrected chi connectivity index (χ1v) is 3.90. The van der Waals surface area contributed by atoms with Crippen LogP contribution >= 0.6 is 0 Å². The summed E-state index contributed by atoms with van der Waals surface area (Å²) in [7, 11) is 0.851. The molecular weight excluding hydrogens is 116 g/mol. The van der Waals surface area contributed by atoms with Crippen LogP contribution in [0.15, 0.2) is 11.8 Å². The van der Waals surface area contributed by atoms with E-state index in [4.69, 9.17) is 4.43 Å². The highest BCUT2D eigenvalue weighted by Gasteiger charge is 2.12. The zero-order valence-electron chi connectivity index (χ0n) is 5.48. The molecule has 46 valence electrons. The van der Waals surface area contributed by atoms with Gasteiger partial charge in [-0.1, -0.05) is 6.92 Å². The molecule has 0 aromatic rings. The summed E-state index contributed by atoms with van der Waals surface area (Å²) in [4.78, 5) is 0. The van der Waals surface area contributed by atoms with Crippen LogP contribution in [0.3, 0.4) is 0 Å². The van der Waals surface area contributed by atoms with Crippen LogP contribution in [0, 0.1) is 5.92 Å². The van der Waals surface area contributed by atoms with Gasteiger partial charge in [0.25, 0.3) is 0 Å². The van der Waals surface area contributed by atoms with Crippen LogP contribution in [0.4, 0.5) is 0 Å². The third-order valence-electron chi connectivity index (χ3n) is 1.67. The molecule has 1 aliphatic rings. The van der Waals surface area contributed by atoms with Crippen molar-refractivity contribution < 1.29 is 4.43 Å². The predicted molar refractivity (Wildman–Crippen MR) is 37.5 cm³/mol. The van der Waals surface area contributed by atoms with E-state index in [2.05, 4.69) is 13.0 Å². The Bertz CT molecular complexity index is 109. The SMILES string of the molecule is CC1CCC=C1O[SiH3]. The smallest absolute Gasteiger partial charge is 0.203 e. The highest BCUT2D eigenvalue weighted by atomic mass is 28.2. The lowest BCUT2D eigenvalue weighted by Gasteiger charge is -2.06. The lowest BCUT2D eigenvalue weighted by Crippen LogP contribution is -1.94. The maximum absolute atomic E-state index is 5.22. The Morgan fingerprint density at radius 2 is 2.62 bits per heavy atom. The van der Waals surface area contributed by atoms with Crippen LogP contribution in [0.2, 0.25) is 0 Å². The van der Waals surface area contributed by atoms with Crippen LogP contribution in [-0.2, 0) is 4.43 Å². The van der Waals surface area contributed by atoms with Gasteiger partial charge >= 0.3 is 0 Å². The summed E-state index contributed by atoms with van der Waals surface area (Å²) in [5.74, 6) is 1.93. The Morgan fingerprint density at radius 1 is 1.88 bits per heavy atom. The lowest BCUT2D eigenvalue weighted by molar-refractivity contribution is 0.398. The van der Waals surface area contributed by atoms with Gasteiger partial charge in [0.1, 0.15) is 0 Å². The zero-order valence-corrected chi connectivity index (χ0v) is 7.48. The first kappa shape index (κ1) is 5.89. The van der Waals surface area contributed by atoms with Gasteiger partial charge < -0.3 is 4.43 Å². The van der Waals surface area contributed by atoms with E-state index >= 15 is 0 Å². The fourth-order valence-electron chi connectivity index (χ4n) is 1.10. The highest BCUT2D eigenvalue weighted by molar-refractivity contribution is 5.98. The maximum atomic E-state index is 5.22. The molecule has 0 saturated carbocycles. The van der Waals surface area contributed by atoms with Gasteiger partial charge in [-0.25, -0.2) is 0 Å². The molecule has 0 N–H and O–H groups in total. The first-order chi connectivity index (χ1) is 3.84. The van der Waals surface area contributed by atoms with E-state index in [-0.39, 0.29) is 0 Å². The van der Waals surface area contributed by atoms with Gasteiger partial charge in [-0.3, -0.25) is 0 Å². The van der Waals surface area contributed by atoms with Crippen molar-refractivity contribution in [1.29, 1.82) is 0 Å². The molecule has 0 amide bonds. The third kappa shape index (κ3) is 0.942. The van der Waals surface area contributed by atoms with Crippen molar-refractivity contribution in [3.63, 3.8) is 0 Å². The van der Waals surface area contributed by atoms with Crippen LogP contribution in [0.1, 0.15) is 19.8 Å². The summed E-state index contributed by atoms with van der Waals surface area (Å²) in [6, 6.07) is 0. The first-order valence-electron chi connectivity index (χ1n) is 3.08. The van der Waals surface area contributed by atoms with Crippen molar-refractivity contribution in [2.75, 3.05) is 0 Å². The second-order valence-corrected chi connectivity index (χ2v) is 2.70. The number of rotatable bonds is 1. The van der Waals surface area contributed by atoms with E-state index in [9.17, 15) is 0 Å². The molecule has 0 heterocycles. The Balaban J connectivity index is 2.49. The zero-order chi connectivity index (χ0) is 5.98. The van der Waals surface area contributed by atoms with Crippen LogP contribution < -0.4 is 0 Å². The Labute approximate surface area is 53.3 Å². The molecule has 1 nitrogen and oxygen atoms in total. The number of hydrogen-bond donors (Lipinski definition) is 0. The Hall–Kier alpha value is -0.243. The minimum absolute atomic E-state index is 0.701. The second kappa shape index (κ2) is 2.35. The van der Waals surface area contributed by atoms with E-state index in [1.54, 1.807) is 0 Å². The van der Waals surface area contributed by atoms with Crippen molar-refractivity contribution in [2.24, 2.45) is 5.92 Å². The minimum atomic E-state index is 0.701. The van der Waals surface area contributed by atoms with Gasteiger partial charge in [0.05, 0.1) is 5.76 Å². The van der Waals surface area contributed by atoms with Gasteiger partial charge in [0.2, 0.25) is 10.5 Å². The van der Waals surface area contributed by atoms with E-state index in [1.165, 1.54) is 18.6 Å². The summed E-state index contributed by atoms with van der Waals surface area (Å²) in [6.07, 6.45) is 4.72. The molecule has 1 aliphatic carbocycles. The maximum Gasteiger partial charge on any atom is 0.203 e. The van der Waals surface area contributed by atoms with Gasteiger partial charge in [0.15, 0.2) is 0 Å². The molecule has 1 atom stereocenters. The van der Waals surface area contributed by atoms with Gasteiger partial charge in [-0.2, -0.15) is 0 Å². The molecule has 8 heavy (non-hydrogen) atoms. The van der Waals surface area contributed by atoms with E-state index < -0.39 is 0 Å². The van der Waals surface area contributed by atoms with Crippen LogP contribution in [0.25, 0.3) is 0 Å². The Kier molecular flexibility index (Phi) is 1.73. The molecule has 1 rings (SSSR count). The molecular formula is C6H12OSi. The predicted octanol–water partition coefficient (Wildman–Crippen LogP) is 0.597. The molecule has 0 aliphatic heterocycles. The fourth-order valence-corrected chi connectivity index (χ4v) is 1.67. The summed E-state index contributed by atoms with van der Waals surface area (Å²) < 4.78 is 5.22. The highest BCUT2D eigenvalue weighted by Crippen LogP contribution is 2.24. The molecule has 0 aromatic heterocycles. The van der Waals surface area contributed by atoms with Crippen molar-refractivity contribution in [1.82, 2.24) is 0 Å². The fraction of sp³-hybridized carbons (Fsp3) is 0.667. The van der Waals surface area contributed by atoms with Gasteiger partial charge in [-0.15, -0.1) is 0 Å². The standard InChI is InChI=1S/C6H12OSi/c1-5-3-2-4-6(5)7-8/h4-5H,2-3H2,1,8H3.